The minimum atomic E-state index is -1.17. The van der Waals surface area contributed by atoms with Gasteiger partial charge in [0, 0.05) is 42.6 Å². The second-order valence-corrected chi connectivity index (χ2v) is 14.3. The highest BCUT2D eigenvalue weighted by Gasteiger charge is 2.37. The highest BCUT2D eigenvalue weighted by molar-refractivity contribution is 5.80. The van der Waals surface area contributed by atoms with E-state index in [9.17, 15) is 14.3 Å². The summed E-state index contributed by atoms with van der Waals surface area (Å²) >= 11 is 0. The first kappa shape index (κ1) is 33.0. The van der Waals surface area contributed by atoms with Crippen LogP contribution >= 0.6 is 0 Å². The van der Waals surface area contributed by atoms with Gasteiger partial charge in [0.25, 0.3) is 0 Å². The highest BCUT2D eigenvalue weighted by atomic mass is 19.1. The number of fused-ring (bicyclic) bond motifs is 8. The van der Waals surface area contributed by atoms with Crippen LogP contribution in [0.3, 0.4) is 0 Å². The molecule has 1 N–H and O–H groups in total. The summed E-state index contributed by atoms with van der Waals surface area (Å²) in [5.74, 6) is 0.0411. The molecule has 1 fully saturated rings. The van der Waals surface area contributed by atoms with E-state index in [4.69, 9.17) is 19.2 Å². The molecule has 3 aliphatic rings. The Hall–Kier alpha value is -3.95. The lowest BCUT2D eigenvalue weighted by Gasteiger charge is -2.41. The maximum atomic E-state index is 14.6. The van der Waals surface area contributed by atoms with Crippen LogP contribution in [-0.4, -0.2) is 57.5 Å². The Labute approximate surface area is 276 Å². The van der Waals surface area contributed by atoms with E-state index in [1.54, 1.807) is 6.07 Å². The van der Waals surface area contributed by atoms with Crippen molar-refractivity contribution < 1.29 is 28.5 Å². The van der Waals surface area contributed by atoms with Crippen molar-refractivity contribution in [3.05, 3.63) is 71.7 Å². The van der Waals surface area contributed by atoms with Crippen molar-refractivity contribution in [2.45, 2.75) is 97.1 Å². The van der Waals surface area contributed by atoms with Crippen LogP contribution in [0.2, 0.25) is 0 Å². The van der Waals surface area contributed by atoms with Crippen LogP contribution in [0.5, 0.6) is 5.75 Å². The third kappa shape index (κ3) is 7.16. The number of benzene rings is 2. The molecule has 0 amide bonds. The van der Waals surface area contributed by atoms with Gasteiger partial charge in [-0.2, -0.15) is 0 Å². The van der Waals surface area contributed by atoms with Gasteiger partial charge in [0.05, 0.1) is 23.0 Å². The van der Waals surface area contributed by atoms with Crippen LogP contribution in [0.25, 0.3) is 28.0 Å². The molecule has 3 aliphatic heterocycles. The Bertz CT molecular complexity index is 1770. The van der Waals surface area contributed by atoms with Crippen molar-refractivity contribution in [2.75, 3.05) is 24.6 Å². The van der Waals surface area contributed by atoms with E-state index in [0.717, 1.165) is 60.3 Å². The smallest absolute Gasteiger partial charge is 0.337 e. The SMILES string of the molecule is Cc1cc2nc3cn2c(c1[C@H](OC(C)(C)C)C(=O)O)N1CCC(C)(CC1)OCCCC[C@H](C)Oc1ccc(F)cc1-c1cccc-3c1. The number of anilines is 1. The second kappa shape index (κ2) is 12.9. The molecule has 9 heteroatoms. The molecule has 2 aromatic carbocycles. The summed E-state index contributed by atoms with van der Waals surface area (Å²) < 4.78 is 35.7. The normalized spacial score (nSPS) is 21.3. The molecule has 0 aliphatic carbocycles. The van der Waals surface area contributed by atoms with Gasteiger partial charge in [-0.05, 0) is 115 Å². The predicted octanol–water partition coefficient (Wildman–Crippen LogP) is 8.38. The number of aromatic nitrogens is 2. The van der Waals surface area contributed by atoms with E-state index < -0.39 is 17.7 Å². The Morgan fingerprint density at radius 1 is 1.11 bits per heavy atom. The zero-order valence-corrected chi connectivity index (χ0v) is 28.3. The third-order valence-electron chi connectivity index (χ3n) is 9.25. The standard InChI is InChI=1S/C38H46FN3O5/c1-24-20-32-40-30-23-42(32)35(33(24)34(36(43)44)47-37(3,4)5)41-17-15-38(6,16-18-41)45-19-8-7-10-25(2)46-31-14-13-28(39)22-29(31)26-11-9-12-27(30)21-26/h9,11-14,20-23,25,34H,7-8,10,15-19H2,1-6H3,(H,43,44)/t25-,34-/m0/s1. The number of halogens is 1. The number of carbonyl (C=O) groups is 1. The molecule has 5 heterocycles. The Kier molecular flexibility index (Phi) is 9.06. The summed E-state index contributed by atoms with van der Waals surface area (Å²) in [4.78, 5) is 20.1. The molecule has 0 radical (unpaired) electrons. The van der Waals surface area contributed by atoms with Gasteiger partial charge in [-0.1, -0.05) is 18.2 Å². The van der Waals surface area contributed by atoms with E-state index in [1.807, 2.05) is 68.6 Å². The number of ether oxygens (including phenoxy) is 3. The fourth-order valence-electron chi connectivity index (χ4n) is 6.76. The minimum Gasteiger partial charge on any atom is -0.490 e. The van der Waals surface area contributed by atoms with Crippen LogP contribution in [-0.2, 0) is 14.3 Å². The zero-order valence-electron chi connectivity index (χ0n) is 28.3. The number of carboxylic acids is 1. The number of aryl methyl sites for hydroxylation is 1. The average molecular weight is 644 g/mol. The summed E-state index contributed by atoms with van der Waals surface area (Å²) in [6.45, 7) is 13.8. The first-order valence-corrected chi connectivity index (χ1v) is 16.7. The van der Waals surface area contributed by atoms with E-state index in [0.29, 0.717) is 42.2 Å². The maximum Gasteiger partial charge on any atom is 0.337 e. The lowest BCUT2D eigenvalue weighted by Crippen LogP contribution is -2.45. The third-order valence-corrected chi connectivity index (χ3v) is 9.25. The van der Waals surface area contributed by atoms with Gasteiger partial charge in [-0.25, -0.2) is 14.2 Å². The first-order chi connectivity index (χ1) is 22.3. The van der Waals surface area contributed by atoms with Gasteiger partial charge in [0.15, 0.2) is 6.10 Å². The number of piperidine rings is 1. The zero-order chi connectivity index (χ0) is 33.5. The topological polar surface area (TPSA) is 85.5 Å². The van der Waals surface area contributed by atoms with Crippen molar-refractivity contribution in [2.24, 2.45) is 0 Å². The van der Waals surface area contributed by atoms with Crippen LogP contribution in [0.1, 0.15) is 84.0 Å². The molecule has 0 unspecified atom stereocenters. The lowest BCUT2D eigenvalue weighted by atomic mass is 9.92. The molecule has 47 heavy (non-hydrogen) atoms. The van der Waals surface area contributed by atoms with Crippen LogP contribution < -0.4 is 9.64 Å². The van der Waals surface area contributed by atoms with E-state index in [1.165, 1.54) is 12.1 Å². The van der Waals surface area contributed by atoms with Crippen LogP contribution in [0.15, 0.2) is 54.7 Å². The molecule has 7 rings (SSSR count). The maximum absolute atomic E-state index is 14.6. The molecule has 2 atom stereocenters. The van der Waals surface area contributed by atoms with Gasteiger partial charge < -0.3 is 24.2 Å². The summed E-state index contributed by atoms with van der Waals surface area (Å²) in [6.07, 6.45) is 5.07. The number of hydrogen-bond acceptors (Lipinski definition) is 6. The van der Waals surface area contributed by atoms with E-state index in [2.05, 4.69) is 18.7 Å². The number of pyridine rings is 1. The Balaban J connectivity index is 1.53. The van der Waals surface area contributed by atoms with Crippen molar-refractivity contribution in [3.63, 3.8) is 0 Å². The fraction of sp³-hybridized carbons (Fsp3) is 0.474. The molecule has 6 bridgehead atoms. The number of hydrogen-bond donors (Lipinski definition) is 1. The monoisotopic (exact) mass is 643 g/mol. The quantitative estimate of drug-likeness (QED) is 0.240. The Morgan fingerprint density at radius 3 is 2.57 bits per heavy atom. The number of imidazole rings is 1. The van der Waals surface area contributed by atoms with E-state index in [-0.39, 0.29) is 17.5 Å². The van der Waals surface area contributed by atoms with Crippen molar-refractivity contribution >= 4 is 17.4 Å². The first-order valence-electron chi connectivity index (χ1n) is 16.7. The minimum absolute atomic E-state index is 0.0435. The molecule has 8 nitrogen and oxygen atoms in total. The van der Waals surface area contributed by atoms with Crippen molar-refractivity contribution in [3.8, 4) is 28.1 Å². The Morgan fingerprint density at radius 2 is 1.85 bits per heavy atom. The molecule has 0 saturated carbocycles. The molecule has 0 spiro atoms. The van der Waals surface area contributed by atoms with Gasteiger partial charge >= 0.3 is 5.97 Å². The summed E-state index contributed by atoms with van der Waals surface area (Å²) in [5.41, 5.74) is 4.25. The molecule has 1 saturated heterocycles. The van der Waals surface area contributed by atoms with Crippen LogP contribution in [0, 0.1) is 12.7 Å². The van der Waals surface area contributed by atoms with Crippen LogP contribution in [0.4, 0.5) is 10.2 Å². The lowest BCUT2D eigenvalue weighted by molar-refractivity contribution is -0.160. The fourth-order valence-corrected chi connectivity index (χ4v) is 6.76. The number of rotatable bonds is 3. The molecule has 4 aromatic rings. The molecular weight excluding hydrogens is 597 g/mol. The average Bonchev–Trinajstić information content (AvgIpc) is 3.43. The highest BCUT2D eigenvalue weighted by Crippen LogP contribution is 2.40. The number of aliphatic carboxylic acids is 1. The number of carboxylic acid groups (broad SMARTS) is 1. The largest absolute Gasteiger partial charge is 0.490 e. The van der Waals surface area contributed by atoms with Crippen molar-refractivity contribution in [1.82, 2.24) is 9.38 Å². The molecule has 250 valence electrons. The van der Waals surface area contributed by atoms with Gasteiger partial charge in [0.2, 0.25) is 0 Å². The second-order valence-electron chi connectivity index (χ2n) is 14.3. The number of nitrogens with zero attached hydrogens (tertiary/aromatic N) is 3. The van der Waals surface area contributed by atoms with Gasteiger partial charge in [-0.3, -0.25) is 4.40 Å². The summed E-state index contributed by atoms with van der Waals surface area (Å²) in [7, 11) is 0. The van der Waals surface area contributed by atoms with E-state index >= 15 is 0 Å². The summed E-state index contributed by atoms with van der Waals surface area (Å²) in [5, 5.41) is 10.5. The van der Waals surface area contributed by atoms with Gasteiger partial charge in [0.1, 0.15) is 23.0 Å². The summed E-state index contributed by atoms with van der Waals surface area (Å²) in [6, 6.07) is 14.5. The molecular formula is C38H46FN3O5. The van der Waals surface area contributed by atoms with Gasteiger partial charge in [-0.15, -0.1) is 0 Å². The van der Waals surface area contributed by atoms with Crippen molar-refractivity contribution in [1.29, 1.82) is 0 Å². The molecule has 2 aromatic heterocycles. The predicted molar refractivity (Wildman–Crippen MR) is 182 cm³/mol.